The van der Waals surface area contributed by atoms with Crippen LogP contribution in [0.25, 0.3) is 0 Å². The van der Waals surface area contributed by atoms with Gasteiger partial charge in [-0.15, -0.1) is 0 Å². The molecule has 1 saturated carbocycles. The monoisotopic (exact) mass is 251 g/mol. The summed E-state index contributed by atoms with van der Waals surface area (Å²) in [5, 5.41) is 14.6. The topological polar surface area (TPSA) is 50.9 Å². The molecule has 102 valence electrons. The zero-order chi connectivity index (χ0) is 12.8. The standard InChI is InChI=1S/C14H25N3O/c1-2-9-17-14(15-11-16-17)10-13(18)12-7-5-3-4-6-8-12/h11-13,18H,2-10H2,1H3. The first-order chi connectivity index (χ1) is 8.81. The Kier molecular flexibility index (Phi) is 5.17. The first kappa shape index (κ1) is 13.5. The molecule has 1 N–H and O–H groups in total. The summed E-state index contributed by atoms with van der Waals surface area (Å²) in [6, 6.07) is 0. The SMILES string of the molecule is CCCn1ncnc1CC(O)C1CCCCCC1. The van der Waals surface area contributed by atoms with Crippen LogP contribution in [0.5, 0.6) is 0 Å². The van der Waals surface area contributed by atoms with Gasteiger partial charge in [0.05, 0.1) is 6.10 Å². The van der Waals surface area contributed by atoms with E-state index in [0.29, 0.717) is 12.3 Å². The maximum atomic E-state index is 10.4. The highest BCUT2D eigenvalue weighted by Crippen LogP contribution is 2.26. The van der Waals surface area contributed by atoms with Gasteiger partial charge in [-0.25, -0.2) is 4.98 Å². The maximum absolute atomic E-state index is 10.4. The third-order valence-corrected chi connectivity index (χ3v) is 3.97. The fourth-order valence-electron chi connectivity index (χ4n) is 2.89. The number of aromatic nitrogens is 3. The van der Waals surface area contributed by atoms with E-state index in [-0.39, 0.29) is 6.10 Å². The molecule has 1 aromatic rings. The van der Waals surface area contributed by atoms with Crippen molar-refractivity contribution >= 4 is 0 Å². The van der Waals surface area contributed by atoms with E-state index >= 15 is 0 Å². The van der Waals surface area contributed by atoms with E-state index < -0.39 is 0 Å². The average molecular weight is 251 g/mol. The van der Waals surface area contributed by atoms with Crippen LogP contribution in [0.1, 0.15) is 57.7 Å². The molecule has 0 radical (unpaired) electrons. The largest absolute Gasteiger partial charge is 0.392 e. The molecular formula is C14H25N3O. The van der Waals surface area contributed by atoms with Gasteiger partial charge < -0.3 is 5.11 Å². The van der Waals surface area contributed by atoms with Crippen molar-refractivity contribution in [1.82, 2.24) is 14.8 Å². The average Bonchev–Trinajstić information content (AvgIpc) is 2.66. The van der Waals surface area contributed by atoms with Crippen LogP contribution < -0.4 is 0 Å². The minimum absolute atomic E-state index is 0.247. The Hall–Kier alpha value is -0.900. The van der Waals surface area contributed by atoms with Gasteiger partial charge >= 0.3 is 0 Å². The van der Waals surface area contributed by atoms with E-state index in [2.05, 4.69) is 17.0 Å². The number of hydrogen-bond acceptors (Lipinski definition) is 3. The predicted octanol–water partition coefficient (Wildman–Crippen LogP) is 2.56. The van der Waals surface area contributed by atoms with Crippen molar-refractivity contribution < 1.29 is 5.11 Å². The molecule has 4 heteroatoms. The van der Waals surface area contributed by atoms with Crippen molar-refractivity contribution in [3.05, 3.63) is 12.2 Å². The highest BCUT2D eigenvalue weighted by molar-refractivity contribution is 4.89. The molecular weight excluding hydrogens is 226 g/mol. The van der Waals surface area contributed by atoms with Crippen molar-refractivity contribution in [1.29, 1.82) is 0 Å². The van der Waals surface area contributed by atoms with Crippen molar-refractivity contribution in [2.45, 2.75) is 70.9 Å². The van der Waals surface area contributed by atoms with Crippen LogP contribution in [0, 0.1) is 5.92 Å². The first-order valence-corrected chi connectivity index (χ1v) is 7.36. The van der Waals surface area contributed by atoms with Crippen molar-refractivity contribution in [2.75, 3.05) is 0 Å². The van der Waals surface area contributed by atoms with Gasteiger partial charge in [0.15, 0.2) is 0 Å². The van der Waals surface area contributed by atoms with Gasteiger partial charge in [-0.3, -0.25) is 4.68 Å². The quantitative estimate of drug-likeness (QED) is 0.818. The lowest BCUT2D eigenvalue weighted by molar-refractivity contribution is 0.0955. The lowest BCUT2D eigenvalue weighted by Gasteiger charge is -2.20. The molecule has 1 atom stereocenters. The number of aryl methyl sites for hydroxylation is 1. The van der Waals surface area contributed by atoms with Gasteiger partial charge in [0.25, 0.3) is 0 Å². The van der Waals surface area contributed by atoms with E-state index in [1.807, 2.05) is 4.68 Å². The number of aliphatic hydroxyl groups is 1. The smallest absolute Gasteiger partial charge is 0.138 e. The molecule has 18 heavy (non-hydrogen) atoms. The van der Waals surface area contributed by atoms with Crippen LogP contribution in [0.15, 0.2) is 6.33 Å². The highest BCUT2D eigenvalue weighted by Gasteiger charge is 2.22. The van der Waals surface area contributed by atoms with E-state index in [9.17, 15) is 5.11 Å². The van der Waals surface area contributed by atoms with Gasteiger partial charge in [-0.1, -0.05) is 32.6 Å². The Morgan fingerprint density at radius 3 is 2.72 bits per heavy atom. The molecule has 1 aliphatic rings. The van der Waals surface area contributed by atoms with Crippen molar-refractivity contribution in [3.8, 4) is 0 Å². The summed E-state index contributed by atoms with van der Waals surface area (Å²) in [5.74, 6) is 1.40. The second-order valence-electron chi connectivity index (χ2n) is 5.42. The van der Waals surface area contributed by atoms with Crippen molar-refractivity contribution in [3.63, 3.8) is 0 Å². The fraction of sp³-hybridized carbons (Fsp3) is 0.857. The molecule has 0 bridgehead atoms. The zero-order valence-corrected chi connectivity index (χ0v) is 11.4. The minimum atomic E-state index is -0.247. The van der Waals surface area contributed by atoms with Crippen molar-refractivity contribution in [2.24, 2.45) is 5.92 Å². The Labute approximate surface area is 109 Å². The molecule has 0 saturated heterocycles. The Morgan fingerprint density at radius 1 is 1.33 bits per heavy atom. The molecule has 0 aromatic carbocycles. The van der Waals surface area contributed by atoms with Gasteiger partial charge in [-0.05, 0) is 25.2 Å². The van der Waals surface area contributed by atoms with Crippen LogP contribution in [0.4, 0.5) is 0 Å². The third-order valence-electron chi connectivity index (χ3n) is 3.97. The molecule has 0 aliphatic heterocycles. The number of aliphatic hydroxyl groups excluding tert-OH is 1. The molecule has 1 heterocycles. The lowest BCUT2D eigenvalue weighted by atomic mass is 9.92. The van der Waals surface area contributed by atoms with E-state index in [0.717, 1.165) is 18.8 Å². The Morgan fingerprint density at radius 2 is 2.06 bits per heavy atom. The molecule has 4 nitrogen and oxygen atoms in total. The molecule has 1 aliphatic carbocycles. The molecule has 1 fully saturated rings. The van der Waals surface area contributed by atoms with Crippen LogP contribution in [-0.4, -0.2) is 26.0 Å². The van der Waals surface area contributed by atoms with Crippen LogP contribution >= 0.6 is 0 Å². The summed E-state index contributed by atoms with van der Waals surface area (Å²) < 4.78 is 1.93. The highest BCUT2D eigenvalue weighted by atomic mass is 16.3. The number of nitrogens with zero attached hydrogens (tertiary/aromatic N) is 3. The Bertz CT molecular complexity index is 343. The summed E-state index contributed by atoms with van der Waals surface area (Å²) in [6.45, 7) is 3.03. The molecule has 0 spiro atoms. The molecule has 0 amide bonds. The van der Waals surface area contributed by atoms with Gasteiger partial charge in [0.2, 0.25) is 0 Å². The minimum Gasteiger partial charge on any atom is -0.392 e. The summed E-state index contributed by atoms with van der Waals surface area (Å²) in [5.41, 5.74) is 0. The molecule has 1 unspecified atom stereocenters. The maximum Gasteiger partial charge on any atom is 0.138 e. The Balaban J connectivity index is 1.92. The predicted molar refractivity (Wildman–Crippen MR) is 71.2 cm³/mol. The second-order valence-corrected chi connectivity index (χ2v) is 5.42. The van der Waals surface area contributed by atoms with Gasteiger partial charge in [0, 0.05) is 13.0 Å². The molecule has 2 rings (SSSR count). The van der Waals surface area contributed by atoms with Crippen LogP contribution in [0.3, 0.4) is 0 Å². The summed E-state index contributed by atoms with van der Waals surface area (Å²) in [6.07, 6.45) is 10.6. The van der Waals surface area contributed by atoms with Crippen LogP contribution in [0.2, 0.25) is 0 Å². The number of rotatable bonds is 5. The summed E-state index contributed by atoms with van der Waals surface area (Å²) >= 11 is 0. The van der Waals surface area contributed by atoms with Gasteiger partial charge in [0.1, 0.15) is 12.2 Å². The first-order valence-electron chi connectivity index (χ1n) is 7.36. The zero-order valence-electron chi connectivity index (χ0n) is 11.4. The van der Waals surface area contributed by atoms with Crippen LogP contribution in [-0.2, 0) is 13.0 Å². The summed E-state index contributed by atoms with van der Waals surface area (Å²) in [4.78, 5) is 4.28. The normalized spacial score (nSPS) is 19.7. The fourth-order valence-corrected chi connectivity index (χ4v) is 2.89. The lowest BCUT2D eigenvalue weighted by Crippen LogP contribution is -2.24. The third kappa shape index (κ3) is 3.55. The second kappa shape index (κ2) is 6.88. The van der Waals surface area contributed by atoms with Gasteiger partial charge in [-0.2, -0.15) is 5.10 Å². The summed E-state index contributed by atoms with van der Waals surface area (Å²) in [7, 11) is 0. The molecule has 1 aromatic heterocycles. The van der Waals surface area contributed by atoms with E-state index in [4.69, 9.17) is 0 Å². The van der Waals surface area contributed by atoms with E-state index in [1.54, 1.807) is 6.33 Å². The van der Waals surface area contributed by atoms with E-state index in [1.165, 1.54) is 38.5 Å². The number of hydrogen-bond donors (Lipinski definition) is 1.